The molecular weight excluding hydrogens is 348 g/mol. The maximum absolute atomic E-state index is 13.8. The van der Waals surface area contributed by atoms with Crippen molar-refractivity contribution in [3.63, 3.8) is 0 Å². The van der Waals surface area contributed by atoms with Crippen molar-refractivity contribution in [2.24, 2.45) is 0 Å². The fourth-order valence-corrected chi connectivity index (χ4v) is 6.93. The third-order valence-corrected chi connectivity index (χ3v) is 7.99. The third kappa shape index (κ3) is 6.37. The van der Waals surface area contributed by atoms with Crippen molar-refractivity contribution in [3.05, 3.63) is 71.8 Å². The van der Waals surface area contributed by atoms with E-state index in [4.69, 9.17) is 0 Å². The maximum Gasteiger partial charge on any atom is 0.147 e. The fourth-order valence-electron chi connectivity index (χ4n) is 3.60. The van der Waals surface area contributed by atoms with Crippen LogP contribution >= 0.6 is 0 Å². The van der Waals surface area contributed by atoms with Gasteiger partial charge in [0.05, 0.1) is 0 Å². The lowest BCUT2D eigenvalue weighted by Gasteiger charge is -2.30. The zero-order valence-electron chi connectivity index (χ0n) is 17.3. The van der Waals surface area contributed by atoms with Crippen LogP contribution in [-0.4, -0.2) is 21.9 Å². The van der Waals surface area contributed by atoms with E-state index in [9.17, 15) is 4.79 Å². The molecule has 0 bridgehead atoms. The van der Waals surface area contributed by atoms with Gasteiger partial charge >= 0.3 is 0 Å². The number of Topliss-reactive ketones (excluding diaryl/α,β-unsaturated/α-hetero) is 1. The zero-order chi connectivity index (χ0) is 19.4. The molecule has 0 radical (unpaired) electrons. The van der Waals surface area contributed by atoms with Gasteiger partial charge in [-0.15, -0.1) is 0 Å². The largest absolute Gasteiger partial charge is 0.298 e. The summed E-state index contributed by atoms with van der Waals surface area (Å²) in [6, 6.07) is 22.9. The highest BCUT2D eigenvalue weighted by molar-refractivity contribution is 6.77. The molecule has 0 aliphatic heterocycles. The molecule has 26 heavy (non-hydrogen) atoms. The molecule has 0 aliphatic rings. The molecule has 2 unspecified atom stereocenters. The summed E-state index contributed by atoms with van der Waals surface area (Å²) in [5.41, 5.74) is 2.38. The second kappa shape index (κ2) is 8.49. The van der Waals surface area contributed by atoms with Gasteiger partial charge in [-0.25, -0.2) is 0 Å². The van der Waals surface area contributed by atoms with Gasteiger partial charge in [0.2, 0.25) is 0 Å². The van der Waals surface area contributed by atoms with E-state index in [0.29, 0.717) is 5.78 Å². The minimum absolute atomic E-state index is 0.0180. The van der Waals surface area contributed by atoms with Gasteiger partial charge in [0.1, 0.15) is 5.78 Å². The number of carbonyl (C=O) groups is 1. The minimum atomic E-state index is -1.38. The molecular formula is C23H34OSi2. The fraction of sp³-hybridized carbons (Fsp3) is 0.435. The van der Waals surface area contributed by atoms with Gasteiger partial charge in [0, 0.05) is 28.0 Å². The lowest BCUT2D eigenvalue weighted by Crippen LogP contribution is -2.33. The van der Waals surface area contributed by atoms with E-state index in [0.717, 1.165) is 12.1 Å². The molecule has 3 heteroatoms. The zero-order valence-corrected chi connectivity index (χ0v) is 19.3. The average Bonchev–Trinajstić information content (AvgIpc) is 2.57. The van der Waals surface area contributed by atoms with Crippen molar-refractivity contribution in [2.45, 2.75) is 63.2 Å². The summed E-state index contributed by atoms with van der Waals surface area (Å²) in [5, 5.41) is 0. The van der Waals surface area contributed by atoms with Crippen LogP contribution in [0.3, 0.4) is 0 Å². The Balaban J connectivity index is 2.44. The van der Waals surface area contributed by atoms with Crippen molar-refractivity contribution in [1.29, 1.82) is 0 Å². The molecule has 0 fully saturated rings. The SMILES string of the molecule is C[Si](C)(C)CC(C(=O)C(C[Si](C)(C)C)c1ccccc1)c1ccccc1. The predicted octanol–water partition coefficient (Wildman–Crippen LogP) is 6.80. The first kappa shape index (κ1) is 20.9. The molecule has 140 valence electrons. The van der Waals surface area contributed by atoms with Crippen LogP contribution in [0.4, 0.5) is 0 Å². The van der Waals surface area contributed by atoms with Crippen LogP contribution in [0, 0.1) is 0 Å². The Bertz CT molecular complexity index is 635. The van der Waals surface area contributed by atoms with Gasteiger partial charge in [-0.1, -0.05) is 99.9 Å². The summed E-state index contributed by atoms with van der Waals surface area (Å²) >= 11 is 0. The number of hydrogen-bond donors (Lipinski definition) is 0. The highest BCUT2D eigenvalue weighted by Gasteiger charge is 2.35. The molecule has 2 aromatic rings. The number of ketones is 1. The Morgan fingerprint density at radius 1 is 0.654 bits per heavy atom. The first-order chi connectivity index (χ1) is 12.1. The molecule has 2 aromatic carbocycles. The molecule has 0 saturated carbocycles. The van der Waals surface area contributed by atoms with Gasteiger partial charge in [-0.05, 0) is 23.2 Å². The predicted molar refractivity (Wildman–Crippen MR) is 120 cm³/mol. The van der Waals surface area contributed by atoms with E-state index in [2.05, 4.69) is 87.8 Å². The van der Waals surface area contributed by atoms with Crippen molar-refractivity contribution in [2.75, 3.05) is 0 Å². The highest BCUT2D eigenvalue weighted by atomic mass is 28.3. The van der Waals surface area contributed by atoms with Crippen LogP contribution < -0.4 is 0 Å². The van der Waals surface area contributed by atoms with E-state index in [1.807, 2.05) is 12.1 Å². The average molecular weight is 383 g/mol. The Labute approximate surface area is 161 Å². The molecule has 2 rings (SSSR count). The van der Waals surface area contributed by atoms with E-state index in [1.165, 1.54) is 11.1 Å². The van der Waals surface area contributed by atoms with Crippen LogP contribution in [-0.2, 0) is 4.79 Å². The molecule has 0 spiro atoms. The number of benzene rings is 2. The number of rotatable bonds is 8. The molecule has 0 saturated heterocycles. The summed E-state index contributed by atoms with van der Waals surface area (Å²) in [5.74, 6) is 0.459. The van der Waals surface area contributed by atoms with E-state index in [-0.39, 0.29) is 11.8 Å². The van der Waals surface area contributed by atoms with Crippen LogP contribution in [0.15, 0.2) is 60.7 Å². The summed E-state index contributed by atoms with van der Waals surface area (Å²) in [7, 11) is -2.76. The molecule has 0 amide bonds. The smallest absolute Gasteiger partial charge is 0.147 e. The van der Waals surface area contributed by atoms with Crippen LogP contribution in [0.2, 0.25) is 51.4 Å². The first-order valence-corrected chi connectivity index (χ1v) is 17.1. The summed E-state index contributed by atoms with van der Waals surface area (Å²) in [6.07, 6.45) is 0. The summed E-state index contributed by atoms with van der Waals surface area (Å²) in [4.78, 5) is 13.8. The molecule has 0 aliphatic carbocycles. The highest BCUT2D eigenvalue weighted by Crippen LogP contribution is 2.37. The van der Waals surface area contributed by atoms with Crippen molar-refractivity contribution >= 4 is 21.9 Å². The lowest BCUT2D eigenvalue weighted by molar-refractivity contribution is -0.121. The van der Waals surface area contributed by atoms with Crippen molar-refractivity contribution in [3.8, 4) is 0 Å². The standard InChI is InChI=1S/C23H34OSi2/c1-25(2,3)17-21(19-13-9-7-10-14-19)23(24)22(18-26(4,5)6)20-15-11-8-12-16-20/h7-16,21-22H,17-18H2,1-6H3. The normalized spacial score (nSPS) is 14.7. The lowest BCUT2D eigenvalue weighted by atomic mass is 9.85. The Hall–Kier alpha value is -1.46. The third-order valence-electron chi connectivity index (χ3n) is 4.72. The van der Waals surface area contributed by atoms with Crippen LogP contribution in [0.1, 0.15) is 23.0 Å². The van der Waals surface area contributed by atoms with E-state index in [1.54, 1.807) is 0 Å². The molecule has 2 atom stereocenters. The van der Waals surface area contributed by atoms with Crippen LogP contribution in [0.5, 0.6) is 0 Å². The van der Waals surface area contributed by atoms with Gasteiger partial charge < -0.3 is 0 Å². The van der Waals surface area contributed by atoms with Crippen LogP contribution in [0.25, 0.3) is 0 Å². The Kier molecular flexibility index (Phi) is 6.81. The number of carbonyl (C=O) groups excluding carboxylic acids is 1. The molecule has 0 heterocycles. The Morgan fingerprint density at radius 3 is 1.23 bits per heavy atom. The topological polar surface area (TPSA) is 17.1 Å². The van der Waals surface area contributed by atoms with Gasteiger partial charge in [0.25, 0.3) is 0 Å². The minimum Gasteiger partial charge on any atom is -0.298 e. The van der Waals surface area contributed by atoms with E-state index < -0.39 is 16.1 Å². The quantitative estimate of drug-likeness (QED) is 0.459. The van der Waals surface area contributed by atoms with Gasteiger partial charge in [-0.3, -0.25) is 4.79 Å². The Morgan fingerprint density at radius 2 is 0.962 bits per heavy atom. The molecule has 0 N–H and O–H groups in total. The van der Waals surface area contributed by atoms with Gasteiger partial charge in [0.15, 0.2) is 0 Å². The molecule has 1 nitrogen and oxygen atoms in total. The first-order valence-electron chi connectivity index (χ1n) is 9.70. The number of hydrogen-bond acceptors (Lipinski definition) is 1. The summed E-state index contributed by atoms with van der Waals surface area (Å²) < 4.78 is 0. The monoisotopic (exact) mass is 382 g/mol. The summed E-state index contributed by atoms with van der Waals surface area (Å²) in [6.45, 7) is 14.2. The van der Waals surface area contributed by atoms with Gasteiger partial charge in [-0.2, -0.15) is 0 Å². The second-order valence-electron chi connectivity index (χ2n) is 9.86. The van der Waals surface area contributed by atoms with Crippen molar-refractivity contribution in [1.82, 2.24) is 0 Å². The van der Waals surface area contributed by atoms with E-state index >= 15 is 0 Å². The van der Waals surface area contributed by atoms with Crippen molar-refractivity contribution < 1.29 is 4.79 Å². The maximum atomic E-state index is 13.8. The second-order valence-corrected chi connectivity index (χ2v) is 20.9. The molecule has 0 aromatic heterocycles.